The molecule has 0 spiro atoms. The number of unbranched alkanes of at least 4 members (excludes halogenated alkanes) is 1. The van der Waals surface area contributed by atoms with Gasteiger partial charge in [0.05, 0.1) is 25.4 Å². The molecular weight excluding hydrogens is 268 g/mol. The van der Waals surface area contributed by atoms with E-state index in [1.165, 1.54) is 6.42 Å². The number of hydrogen-bond donors (Lipinski definition) is 1. The van der Waals surface area contributed by atoms with E-state index in [4.69, 9.17) is 14.6 Å². The summed E-state index contributed by atoms with van der Waals surface area (Å²) in [6.45, 7) is 5.03. The average Bonchev–Trinajstić information content (AvgIpc) is 3.04. The molecule has 0 unspecified atom stereocenters. The smallest absolute Gasteiger partial charge is 0.303 e. The first-order chi connectivity index (χ1) is 10.2. The van der Waals surface area contributed by atoms with E-state index in [0.29, 0.717) is 37.1 Å². The summed E-state index contributed by atoms with van der Waals surface area (Å²) in [5, 5.41) is 8.59. The highest BCUT2D eigenvalue weighted by Crippen LogP contribution is 2.45. The molecule has 4 heteroatoms. The van der Waals surface area contributed by atoms with Crippen LogP contribution in [0.5, 0.6) is 0 Å². The van der Waals surface area contributed by atoms with Gasteiger partial charge >= 0.3 is 5.97 Å². The molecule has 2 heterocycles. The molecule has 0 aromatic heterocycles. The Bertz CT molecular complexity index is 377. The van der Waals surface area contributed by atoms with E-state index in [9.17, 15) is 4.79 Å². The van der Waals surface area contributed by atoms with Gasteiger partial charge in [-0.2, -0.15) is 0 Å². The van der Waals surface area contributed by atoms with Gasteiger partial charge < -0.3 is 14.6 Å². The molecule has 1 N–H and O–H groups in total. The average molecular weight is 294 g/mol. The van der Waals surface area contributed by atoms with Crippen molar-refractivity contribution in [1.29, 1.82) is 0 Å². The van der Waals surface area contributed by atoms with Crippen LogP contribution in [0, 0.1) is 11.8 Å². The van der Waals surface area contributed by atoms with Gasteiger partial charge in [-0.05, 0) is 38.0 Å². The van der Waals surface area contributed by atoms with Gasteiger partial charge in [0.1, 0.15) is 0 Å². The van der Waals surface area contributed by atoms with Gasteiger partial charge in [0, 0.05) is 12.3 Å². The molecular formula is C17H26O4. The van der Waals surface area contributed by atoms with Gasteiger partial charge in [0.2, 0.25) is 0 Å². The van der Waals surface area contributed by atoms with Gasteiger partial charge in [0.15, 0.2) is 0 Å². The van der Waals surface area contributed by atoms with Crippen molar-refractivity contribution in [2.24, 2.45) is 11.8 Å². The molecule has 21 heavy (non-hydrogen) atoms. The van der Waals surface area contributed by atoms with Crippen molar-refractivity contribution in [1.82, 2.24) is 0 Å². The predicted octanol–water partition coefficient (Wildman–Crippen LogP) is 3.18. The summed E-state index contributed by atoms with van der Waals surface area (Å²) in [6, 6.07) is 0. The maximum Gasteiger partial charge on any atom is 0.303 e. The van der Waals surface area contributed by atoms with Gasteiger partial charge in [-0.3, -0.25) is 4.79 Å². The monoisotopic (exact) mass is 294 g/mol. The number of allylic oxidation sites excluding steroid dienone is 2. The third-order valence-electron chi connectivity index (χ3n) is 4.47. The van der Waals surface area contributed by atoms with E-state index in [0.717, 1.165) is 25.9 Å². The van der Waals surface area contributed by atoms with Crippen LogP contribution in [0.15, 0.2) is 24.8 Å². The number of carbonyl (C=O) groups is 1. The minimum Gasteiger partial charge on any atom is -0.481 e. The predicted molar refractivity (Wildman–Crippen MR) is 81.1 cm³/mol. The van der Waals surface area contributed by atoms with Crippen molar-refractivity contribution >= 4 is 5.97 Å². The number of hydrogen-bond acceptors (Lipinski definition) is 3. The van der Waals surface area contributed by atoms with Crippen LogP contribution in [-0.2, 0) is 14.3 Å². The largest absolute Gasteiger partial charge is 0.481 e. The van der Waals surface area contributed by atoms with Gasteiger partial charge in [-0.25, -0.2) is 0 Å². The summed E-state index contributed by atoms with van der Waals surface area (Å²) in [4.78, 5) is 10.4. The maximum absolute atomic E-state index is 10.4. The van der Waals surface area contributed by atoms with E-state index in [-0.39, 0.29) is 6.42 Å². The number of aliphatic carboxylic acids is 1. The van der Waals surface area contributed by atoms with Crippen molar-refractivity contribution in [3.8, 4) is 0 Å². The second kappa shape index (κ2) is 8.35. The number of rotatable bonds is 10. The molecule has 2 aliphatic rings. The topological polar surface area (TPSA) is 55.8 Å². The lowest BCUT2D eigenvalue weighted by Gasteiger charge is -2.26. The zero-order valence-corrected chi connectivity index (χ0v) is 12.6. The van der Waals surface area contributed by atoms with Crippen molar-refractivity contribution in [3.63, 3.8) is 0 Å². The van der Waals surface area contributed by atoms with Crippen LogP contribution < -0.4 is 0 Å². The van der Waals surface area contributed by atoms with Crippen molar-refractivity contribution in [3.05, 3.63) is 24.8 Å². The Hall–Kier alpha value is -1.13. The summed E-state index contributed by atoms with van der Waals surface area (Å²) in [6.07, 6.45) is 12.0. The molecule has 0 radical (unpaired) electrons. The number of ether oxygens (including phenoxy) is 2. The fourth-order valence-electron chi connectivity index (χ4n) is 3.46. The summed E-state index contributed by atoms with van der Waals surface area (Å²) in [5.41, 5.74) is 0. The molecule has 2 bridgehead atoms. The zero-order valence-electron chi connectivity index (χ0n) is 12.6. The summed E-state index contributed by atoms with van der Waals surface area (Å²) in [7, 11) is 0. The third-order valence-corrected chi connectivity index (χ3v) is 4.47. The Kier molecular flexibility index (Phi) is 6.46. The van der Waals surface area contributed by atoms with Crippen molar-refractivity contribution < 1.29 is 19.4 Å². The van der Waals surface area contributed by atoms with Crippen molar-refractivity contribution in [2.45, 2.75) is 50.7 Å². The third kappa shape index (κ3) is 4.68. The van der Waals surface area contributed by atoms with Crippen molar-refractivity contribution in [2.75, 3.05) is 13.2 Å². The normalized spacial score (nSPS) is 31.0. The fraction of sp³-hybridized carbons (Fsp3) is 0.706. The summed E-state index contributed by atoms with van der Waals surface area (Å²) < 4.78 is 11.7. The van der Waals surface area contributed by atoms with Crippen LogP contribution >= 0.6 is 0 Å². The lowest BCUT2D eigenvalue weighted by molar-refractivity contribution is -0.137. The molecule has 2 rings (SSSR count). The van der Waals surface area contributed by atoms with Gasteiger partial charge in [-0.15, -0.1) is 6.58 Å². The van der Waals surface area contributed by atoms with Crippen LogP contribution in [0.25, 0.3) is 0 Å². The Balaban J connectivity index is 1.73. The molecule has 118 valence electrons. The van der Waals surface area contributed by atoms with Crippen LogP contribution in [0.3, 0.4) is 0 Å². The first-order valence-corrected chi connectivity index (χ1v) is 7.93. The first-order valence-electron chi connectivity index (χ1n) is 7.93. The number of carboxylic acids is 1. The lowest BCUT2D eigenvalue weighted by Crippen LogP contribution is -2.30. The highest BCUT2D eigenvalue weighted by molar-refractivity contribution is 5.66. The Morgan fingerprint density at radius 1 is 1.29 bits per heavy atom. The number of fused-ring (bicyclic) bond motifs is 2. The summed E-state index contributed by atoms with van der Waals surface area (Å²) >= 11 is 0. The van der Waals surface area contributed by atoms with E-state index in [1.807, 2.05) is 0 Å². The van der Waals surface area contributed by atoms with E-state index in [2.05, 4.69) is 18.7 Å². The molecule has 2 aliphatic heterocycles. The standard InChI is InChI=1S/C17H26O4/c1-2-11-20-12-14-13(15-9-10-16(14)21-15)7-5-3-4-6-8-17(18)19/h2-3,5,13-16H,1,4,6-12H2,(H,18,19)/b5-3-/t13-,14+,15-,16+/m1/s1. The van der Waals surface area contributed by atoms with Crippen LogP contribution in [0.4, 0.5) is 0 Å². The molecule has 0 aromatic rings. The molecule has 2 saturated heterocycles. The maximum atomic E-state index is 10.4. The van der Waals surface area contributed by atoms with E-state index in [1.54, 1.807) is 6.08 Å². The minimum absolute atomic E-state index is 0.250. The quantitative estimate of drug-likeness (QED) is 0.496. The van der Waals surface area contributed by atoms with E-state index >= 15 is 0 Å². The second-order valence-electron chi connectivity index (χ2n) is 5.94. The highest BCUT2D eigenvalue weighted by atomic mass is 16.5. The lowest BCUT2D eigenvalue weighted by atomic mass is 9.78. The Morgan fingerprint density at radius 3 is 2.76 bits per heavy atom. The Morgan fingerprint density at radius 2 is 2.05 bits per heavy atom. The Labute approximate surface area is 126 Å². The minimum atomic E-state index is -0.718. The second-order valence-corrected chi connectivity index (χ2v) is 5.94. The van der Waals surface area contributed by atoms with Crippen LogP contribution in [0.1, 0.15) is 38.5 Å². The first kappa shape index (κ1) is 16.2. The summed E-state index contributed by atoms with van der Waals surface area (Å²) in [5.74, 6) is 0.320. The molecule has 4 atom stereocenters. The molecule has 2 fully saturated rings. The molecule has 0 amide bonds. The van der Waals surface area contributed by atoms with Gasteiger partial charge in [0.25, 0.3) is 0 Å². The van der Waals surface area contributed by atoms with Gasteiger partial charge in [-0.1, -0.05) is 18.2 Å². The zero-order chi connectivity index (χ0) is 15.1. The molecule has 0 aromatic carbocycles. The molecule has 0 saturated carbocycles. The van der Waals surface area contributed by atoms with Crippen LogP contribution in [-0.4, -0.2) is 36.5 Å². The van der Waals surface area contributed by atoms with E-state index < -0.39 is 5.97 Å². The number of carboxylic acid groups (broad SMARTS) is 1. The van der Waals surface area contributed by atoms with Crippen LogP contribution in [0.2, 0.25) is 0 Å². The molecule has 4 nitrogen and oxygen atoms in total. The fourth-order valence-corrected chi connectivity index (χ4v) is 3.46. The highest BCUT2D eigenvalue weighted by Gasteiger charge is 2.47. The SMILES string of the molecule is C=CCOC[C@H]1[C@@H](C/C=C\CCCC(=O)O)[C@H]2CC[C@@H]1O2. The molecule has 0 aliphatic carbocycles.